The molecular weight excluding hydrogens is 255 g/mol. The van der Waals surface area contributed by atoms with E-state index in [9.17, 15) is 21.6 Å². The summed E-state index contributed by atoms with van der Waals surface area (Å²) in [5.74, 6) is 5.13. The molecule has 0 radical (unpaired) electrons. The summed E-state index contributed by atoms with van der Waals surface area (Å²) in [6.45, 7) is 1.71. The molecule has 1 atom stereocenters. The van der Waals surface area contributed by atoms with Gasteiger partial charge in [0.1, 0.15) is 0 Å². The molecule has 7 heteroatoms. The summed E-state index contributed by atoms with van der Waals surface area (Å²) >= 11 is 0. The standard InChI is InChI=1S/C10H10F3NO2S/c1-2-8-6-4-3-5-7-9(8)14-17(15,16)10(11,12)13/h5-7,9,14H,2H2,1H3. The van der Waals surface area contributed by atoms with Gasteiger partial charge in [-0.25, -0.2) is 8.42 Å². The van der Waals surface area contributed by atoms with Crippen molar-refractivity contribution >= 4 is 10.0 Å². The Morgan fingerprint density at radius 1 is 1.41 bits per heavy atom. The first-order chi connectivity index (χ1) is 7.78. The molecule has 0 spiro atoms. The van der Waals surface area contributed by atoms with Crippen LogP contribution in [-0.4, -0.2) is 20.0 Å². The van der Waals surface area contributed by atoms with Crippen LogP contribution in [0.1, 0.15) is 13.3 Å². The number of nitrogens with one attached hydrogen (secondary N) is 1. The SMILES string of the molecule is CCC1=CC#CC=CC1NS(=O)(=O)C(F)(F)F. The van der Waals surface area contributed by atoms with Gasteiger partial charge in [0.05, 0.1) is 6.04 Å². The summed E-state index contributed by atoms with van der Waals surface area (Å²) in [5, 5.41) is 0. The van der Waals surface area contributed by atoms with Crippen molar-refractivity contribution in [3.8, 4) is 11.8 Å². The maximum Gasteiger partial charge on any atom is 0.511 e. The average molecular weight is 265 g/mol. The maximum atomic E-state index is 12.2. The fourth-order valence-electron chi connectivity index (χ4n) is 1.21. The molecule has 0 aromatic heterocycles. The van der Waals surface area contributed by atoms with Crippen LogP contribution in [0.2, 0.25) is 0 Å². The van der Waals surface area contributed by atoms with Gasteiger partial charge in [0.2, 0.25) is 0 Å². The summed E-state index contributed by atoms with van der Waals surface area (Å²) in [4.78, 5) is 0. The highest BCUT2D eigenvalue weighted by Gasteiger charge is 2.46. The number of allylic oxidation sites excluding steroid dienone is 2. The fourth-order valence-corrected chi connectivity index (χ4v) is 1.91. The second-order valence-electron chi connectivity index (χ2n) is 3.27. The first kappa shape index (κ1) is 13.8. The van der Waals surface area contributed by atoms with Crippen LogP contribution in [0.4, 0.5) is 13.2 Å². The van der Waals surface area contributed by atoms with Gasteiger partial charge in [-0.05, 0) is 24.1 Å². The average Bonchev–Trinajstić information content (AvgIpc) is 2.40. The highest BCUT2D eigenvalue weighted by atomic mass is 32.2. The van der Waals surface area contributed by atoms with Gasteiger partial charge in [0.15, 0.2) is 0 Å². The predicted octanol–water partition coefficient (Wildman–Crippen LogP) is 1.70. The van der Waals surface area contributed by atoms with Crippen molar-refractivity contribution < 1.29 is 21.6 Å². The number of hydrogen-bond acceptors (Lipinski definition) is 2. The molecule has 0 aliphatic heterocycles. The molecule has 94 valence electrons. The van der Waals surface area contributed by atoms with Crippen LogP contribution < -0.4 is 4.72 Å². The summed E-state index contributed by atoms with van der Waals surface area (Å²) in [6, 6.07) is -1.02. The van der Waals surface area contributed by atoms with Crippen LogP contribution in [0.25, 0.3) is 0 Å². The van der Waals surface area contributed by atoms with E-state index in [1.165, 1.54) is 18.2 Å². The molecule has 0 bridgehead atoms. The Morgan fingerprint density at radius 2 is 2.06 bits per heavy atom. The maximum absolute atomic E-state index is 12.2. The Labute approximate surface area is 97.4 Å². The second-order valence-corrected chi connectivity index (χ2v) is 4.97. The van der Waals surface area contributed by atoms with Gasteiger partial charge in [0.25, 0.3) is 0 Å². The fraction of sp³-hybridized carbons (Fsp3) is 0.400. The third-order valence-corrected chi connectivity index (χ3v) is 3.28. The first-order valence-corrected chi connectivity index (χ1v) is 6.21. The second kappa shape index (κ2) is 4.94. The lowest BCUT2D eigenvalue weighted by molar-refractivity contribution is -0.0448. The number of alkyl halides is 3. The van der Waals surface area contributed by atoms with Gasteiger partial charge < -0.3 is 0 Å². The molecule has 0 fully saturated rings. The molecule has 1 aliphatic rings. The third-order valence-electron chi connectivity index (χ3n) is 2.11. The van der Waals surface area contributed by atoms with Crippen LogP contribution in [0.3, 0.4) is 0 Å². The molecule has 0 heterocycles. The van der Waals surface area contributed by atoms with Crippen molar-refractivity contribution in [1.82, 2.24) is 4.72 Å². The molecular formula is C10H10F3NO2S. The van der Waals surface area contributed by atoms with Crippen molar-refractivity contribution in [2.75, 3.05) is 0 Å². The Bertz CT molecular complexity index is 506. The van der Waals surface area contributed by atoms with E-state index in [1.54, 1.807) is 11.6 Å². The molecule has 1 N–H and O–H groups in total. The molecule has 1 unspecified atom stereocenters. The van der Waals surface area contributed by atoms with Gasteiger partial charge in [-0.1, -0.05) is 24.8 Å². The minimum atomic E-state index is -5.35. The van der Waals surface area contributed by atoms with Crippen molar-refractivity contribution in [3.63, 3.8) is 0 Å². The van der Waals surface area contributed by atoms with Crippen molar-refractivity contribution in [3.05, 3.63) is 23.8 Å². The lowest BCUT2D eigenvalue weighted by Crippen LogP contribution is -2.42. The van der Waals surface area contributed by atoms with Gasteiger partial charge in [-0.2, -0.15) is 17.9 Å². The lowest BCUT2D eigenvalue weighted by Gasteiger charge is -2.18. The van der Waals surface area contributed by atoms with Gasteiger partial charge in [-0.15, -0.1) is 0 Å². The predicted molar refractivity (Wildman–Crippen MR) is 57.2 cm³/mol. The van der Waals surface area contributed by atoms with E-state index in [2.05, 4.69) is 11.8 Å². The van der Waals surface area contributed by atoms with Gasteiger partial charge in [0, 0.05) is 0 Å². The highest BCUT2D eigenvalue weighted by Crippen LogP contribution is 2.23. The zero-order valence-electron chi connectivity index (χ0n) is 8.88. The summed E-state index contributed by atoms with van der Waals surface area (Å²) in [7, 11) is -5.35. The number of rotatable bonds is 3. The molecule has 0 saturated heterocycles. The zero-order chi connectivity index (χ0) is 13.1. The first-order valence-electron chi connectivity index (χ1n) is 4.73. The van der Waals surface area contributed by atoms with Crippen LogP contribution in [0.5, 0.6) is 0 Å². The van der Waals surface area contributed by atoms with Gasteiger partial charge >= 0.3 is 15.5 Å². The zero-order valence-corrected chi connectivity index (χ0v) is 9.69. The quantitative estimate of drug-likeness (QED) is 0.789. The minimum absolute atomic E-state index is 0.407. The monoisotopic (exact) mass is 265 g/mol. The Kier molecular flexibility index (Phi) is 4.01. The number of hydrogen-bond donors (Lipinski definition) is 1. The molecule has 1 rings (SSSR count). The highest BCUT2D eigenvalue weighted by molar-refractivity contribution is 7.90. The molecule has 0 aromatic rings. The van der Waals surface area contributed by atoms with Crippen LogP contribution in [-0.2, 0) is 10.0 Å². The Balaban J connectivity index is 2.96. The van der Waals surface area contributed by atoms with Crippen LogP contribution in [0.15, 0.2) is 23.8 Å². The smallest absolute Gasteiger partial charge is 0.203 e. The van der Waals surface area contributed by atoms with E-state index in [0.717, 1.165) is 0 Å². The van der Waals surface area contributed by atoms with E-state index in [-0.39, 0.29) is 0 Å². The van der Waals surface area contributed by atoms with Crippen molar-refractivity contribution in [2.24, 2.45) is 0 Å². The van der Waals surface area contributed by atoms with Crippen molar-refractivity contribution in [2.45, 2.75) is 24.9 Å². The van der Waals surface area contributed by atoms with Crippen LogP contribution in [0, 0.1) is 11.8 Å². The van der Waals surface area contributed by atoms with E-state index < -0.39 is 21.6 Å². The summed E-state index contributed by atoms with van der Waals surface area (Å²) < 4.78 is 60.1. The van der Waals surface area contributed by atoms with E-state index in [4.69, 9.17) is 0 Å². The third kappa shape index (κ3) is 3.35. The topological polar surface area (TPSA) is 46.2 Å². The van der Waals surface area contributed by atoms with E-state index in [1.807, 2.05) is 0 Å². The Hall–Kier alpha value is -1.26. The van der Waals surface area contributed by atoms with Crippen LogP contribution >= 0.6 is 0 Å². The molecule has 1 aliphatic carbocycles. The Morgan fingerprint density at radius 3 is 2.59 bits per heavy atom. The molecule has 3 nitrogen and oxygen atoms in total. The summed E-state index contributed by atoms with van der Waals surface area (Å²) in [5.41, 5.74) is -4.83. The number of sulfonamides is 1. The molecule has 0 saturated carbocycles. The van der Waals surface area contributed by atoms with Crippen molar-refractivity contribution in [1.29, 1.82) is 0 Å². The normalized spacial score (nSPS) is 20.2. The van der Waals surface area contributed by atoms with E-state index in [0.29, 0.717) is 12.0 Å². The summed E-state index contributed by atoms with van der Waals surface area (Å²) in [6.07, 6.45) is 4.44. The molecule has 17 heavy (non-hydrogen) atoms. The van der Waals surface area contributed by atoms with Gasteiger partial charge in [-0.3, -0.25) is 0 Å². The molecule has 0 aromatic carbocycles. The molecule has 0 amide bonds. The number of halogens is 3. The lowest BCUT2D eigenvalue weighted by atomic mass is 10.1. The minimum Gasteiger partial charge on any atom is -0.203 e. The van der Waals surface area contributed by atoms with E-state index >= 15 is 0 Å². The largest absolute Gasteiger partial charge is 0.511 e.